The zero-order valence-electron chi connectivity index (χ0n) is 10.0. The minimum absolute atomic E-state index is 0.757. The molecule has 1 unspecified atom stereocenters. The van der Waals surface area contributed by atoms with Gasteiger partial charge in [0.2, 0.25) is 0 Å². The highest BCUT2D eigenvalue weighted by Crippen LogP contribution is 2.27. The number of halogens is 1. The van der Waals surface area contributed by atoms with Crippen molar-refractivity contribution in [3.8, 4) is 0 Å². The second-order valence-electron chi connectivity index (χ2n) is 5.10. The van der Waals surface area contributed by atoms with Gasteiger partial charge in [0.25, 0.3) is 0 Å². The van der Waals surface area contributed by atoms with Crippen molar-refractivity contribution in [2.75, 3.05) is 6.54 Å². The lowest BCUT2D eigenvalue weighted by Crippen LogP contribution is -2.29. The Morgan fingerprint density at radius 2 is 2.19 bits per heavy atom. The summed E-state index contributed by atoms with van der Waals surface area (Å²) in [6, 6.07) is 5.24. The zero-order valence-corrected chi connectivity index (χ0v) is 12.4. The molecule has 16 heavy (non-hydrogen) atoms. The standard InChI is InChI=1S/C13H20BrNS/c1-9(2)10(8-15-11-3-4-11)7-12-5-6-13(14)16-12/h5-6,9-11,15H,3-4,7-8H2,1-2H3. The van der Waals surface area contributed by atoms with Gasteiger partial charge in [0.15, 0.2) is 0 Å². The van der Waals surface area contributed by atoms with E-state index in [1.54, 1.807) is 0 Å². The topological polar surface area (TPSA) is 12.0 Å². The predicted molar refractivity (Wildman–Crippen MR) is 75.1 cm³/mol. The lowest BCUT2D eigenvalue weighted by Gasteiger charge is -2.20. The average molecular weight is 302 g/mol. The van der Waals surface area contributed by atoms with Gasteiger partial charge in [-0.1, -0.05) is 13.8 Å². The van der Waals surface area contributed by atoms with Gasteiger partial charge in [-0.05, 0) is 65.7 Å². The first-order chi connectivity index (χ1) is 7.65. The lowest BCUT2D eigenvalue weighted by atomic mass is 9.92. The minimum atomic E-state index is 0.757. The molecule has 90 valence electrons. The third-order valence-electron chi connectivity index (χ3n) is 3.28. The molecule has 1 atom stereocenters. The third kappa shape index (κ3) is 3.86. The largest absolute Gasteiger partial charge is 0.314 e. The number of hydrogen-bond acceptors (Lipinski definition) is 2. The van der Waals surface area contributed by atoms with Crippen LogP contribution in [0.25, 0.3) is 0 Å². The van der Waals surface area contributed by atoms with Gasteiger partial charge >= 0.3 is 0 Å². The Bertz CT molecular complexity index is 330. The monoisotopic (exact) mass is 301 g/mol. The molecule has 0 radical (unpaired) electrons. The fourth-order valence-electron chi connectivity index (χ4n) is 1.87. The summed E-state index contributed by atoms with van der Waals surface area (Å²) in [5.74, 6) is 1.53. The number of thiophene rings is 1. The Labute approximate surface area is 111 Å². The van der Waals surface area contributed by atoms with Crippen LogP contribution in [0.3, 0.4) is 0 Å². The molecule has 0 saturated heterocycles. The van der Waals surface area contributed by atoms with E-state index in [0.29, 0.717) is 0 Å². The van der Waals surface area contributed by atoms with Crippen LogP contribution in [0.5, 0.6) is 0 Å². The van der Waals surface area contributed by atoms with Crippen molar-refractivity contribution >= 4 is 27.3 Å². The van der Waals surface area contributed by atoms with Crippen LogP contribution in [0.4, 0.5) is 0 Å². The highest BCUT2D eigenvalue weighted by Gasteiger charge is 2.23. The molecule has 0 amide bonds. The second kappa shape index (κ2) is 5.65. The molecular weight excluding hydrogens is 282 g/mol. The van der Waals surface area contributed by atoms with Crippen LogP contribution >= 0.6 is 27.3 Å². The molecule has 0 aliphatic heterocycles. The molecule has 1 N–H and O–H groups in total. The van der Waals surface area contributed by atoms with Crippen molar-refractivity contribution in [2.45, 2.75) is 39.2 Å². The molecule has 0 bridgehead atoms. The summed E-state index contributed by atoms with van der Waals surface area (Å²) in [6.45, 7) is 5.85. The molecule has 0 aromatic carbocycles. The Morgan fingerprint density at radius 3 is 2.69 bits per heavy atom. The molecule has 2 rings (SSSR count). The van der Waals surface area contributed by atoms with Crippen LogP contribution in [-0.2, 0) is 6.42 Å². The van der Waals surface area contributed by atoms with Crippen LogP contribution in [0, 0.1) is 11.8 Å². The smallest absolute Gasteiger partial charge is 0.0701 e. The quantitative estimate of drug-likeness (QED) is 0.835. The summed E-state index contributed by atoms with van der Waals surface area (Å²) in [6.07, 6.45) is 3.98. The SMILES string of the molecule is CC(C)C(CNC1CC1)Cc1ccc(Br)s1. The van der Waals surface area contributed by atoms with E-state index < -0.39 is 0 Å². The number of rotatable bonds is 6. The normalized spacial score (nSPS) is 18.0. The average Bonchev–Trinajstić information content (AvgIpc) is 2.96. The molecule has 1 saturated carbocycles. The van der Waals surface area contributed by atoms with Gasteiger partial charge in [-0.25, -0.2) is 0 Å². The molecule has 1 nitrogen and oxygen atoms in total. The zero-order chi connectivity index (χ0) is 11.5. The highest BCUT2D eigenvalue weighted by atomic mass is 79.9. The van der Waals surface area contributed by atoms with Crippen molar-refractivity contribution < 1.29 is 0 Å². The summed E-state index contributed by atoms with van der Waals surface area (Å²) < 4.78 is 1.25. The van der Waals surface area contributed by atoms with E-state index in [0.717, 1.165) is 17.9 Å². The second-order valence-corrected chi connectivity index (χ2v) is 7.64. The van der Waals surface area contributed by atoms with Crippen LogP contribution in [-0.4, -0.2) is 12.6 Å². The lowest BCUT2D eigenvalue weighted by molar-refractivity contribution is 0.361. The van der Waals surface area contributed by atoms with Crippen molar-refractivity contribution in [1.82, 2.24) is 5.32 Å². The maximum absolute atomic E-state index is 3.66. The predicted octanol–water partition coefficient (Wildman–Crippen LogP) is 4.08. The summed E-state index contributed by atoms with van der Waals surface area (Å²) in [5.41, 5.74) is 0. The Kier molecular flexibility index (Phi) is 4.45. The molecule has 1 heterocycles. The molecule has 1 aromatic heterocycles. The van der Waals surface area contributed by atoms with Crippen LogP contribution in [0.15, 0.2) is 15.9 Å². The van der Waals surface area contributed by atoms with E-state index in [2.05, 4.69) is 47.2 Å². The van der Waals surface area contributed by atoms with Crippen molar-refractivity contribution in [3.63, 3.8) is 0 Å². The van der Waals surface area contributed by atoms with E-state index >= 15 is 0 Å². The summed E-state index contributed by atoms with van der Waals surface area (Å²) >= 11 is 5.41. The Morgan fingerprint density at radius 1 is 1.44 bits per heavy atom. The van der Waals surface area contributed by atoms with E-state index in [1.165, 1.54) is 34.5 Å². The Hall–Kier alpha value is 0.140. The van der Waals surface area contributed by atoms with Crippen LogP contribution in [0.1, 0.15) is 31.6 Å². The molecule has 1 aromatic rings. The fourth-order valence-corrected chi connectivity index (χ4v) is 3.44. The van der Waals surface area contributed by atoms with E-state index in [4.69, 9.17) is 0 Å². The molecular formula is C13H20BrNS. The maximum Gasteiger partial charge on any atom is 0.0701 e. The summed E-state index contributed by atoms with van der Waals surface area (Å²) in [5, 5.41) is 3.66. The highest BCUT2D eigenvalue weighted by molar-refractivity contribution is 9.11. The van der Waals surface area contributed by atoms with Gasteiger partial charge in [-0.15, -0.1) is 11.3 Å². The van der Waals surface area contributed by atoms with Gasteiger partial charge < -0.3 is 5.32 Å². The van der Waals surface area contributed by atoms with Crippen molar-refractivity contribution in [2.24, 2.45) is 11.8 Å². The van der Waals surface area contributed by atoms with Gasteiger partial charge in [0.1, 0.15) is 0 Å². The first-order valence-electron chi connectivity index (χ1n) is 6.12. The molecule has 3 heteroatoms. The summed E-state index contributed by atoms with van der Waals surface area (Å²) in [4.78, 5) is 1.50. The molecule has 0 spiro atoms. The molecule has 1 aliphatic carbocycles. The number of nitrogens with one attached hydrogen (secondary N) is 1. The van der Waals surface area contributed by atoms with Crippen LogP contribution < -0.4 is 5.32 Å². The van der Waals surface area contributed by atoms with Crippen LogP contribution in [0.2, 0.25) is 0 Å². The van der Waals surface area contributed by atoms with Crippen molar-refractivity contribution in [3.05, 3.63) is 20.8 Å². The van der Waals surface area contributed by atoms with E-state index in [-0.39, 0.29) is 0 Å². The van der Waals surface area contributed by atoms with E-state index in [9.17, 15) is 0 Å². The Balaban J connectivity index is 1.85. The molecule has 1 aliphatic rings. The maximum atomic E-state index is 3.66. The minimum Gasteiger partial charge on any atom is -0.314 e. The van der Waals surface area contributed by atoms with Gasteiger partial charge in [-0.2, -0.15) is 0 Å². The fraction of sp³-hybridized carbons (Fsp3) is 0.692. The van der Waals surface area contributed by atoms with Gasteiger partial charge in [0.05, 0.1) is 3.79 Å². The first-order valence-corrected chi connectivity index (χ1v) is 7.73. The van der Waals surface area contributed by atoms with Gasteiger partial charge in [-0.3, -0.25) is 0 Å². The van der Waals surface area contributed by atoms with E-state index in [1.807, 2.05) is 11.3 Å². The summed E-state index contributed by atoms with van der Waals surface area (Å²) in [7, 11) is 0. The number of hydrogen-bond donors (Lipinski definition) is 1. The van der Waals surface area contributed by atoms with Crippen molar-refractivity contribution in [1.29, 1.82) is 0 Å². The third-order valence-corrected chi connectivity index (χ3v) is 4.93. The first kappa shape index (κ1) is 12.6. The van der Waals surface area contributed by atoms with Gasteiger partial charge in [0, 0.05) is 10.9 Å². The molecule has 1 fully saturated rings.